The molecule has 2 rings (SSSR count). The highest BCUT2D eigenvalue weighted by Crippen LogP contribution is 2.23. The molecule has 0 aliphatic carbocycles. The molecule has 0 unspecified atom stereocenters. The molecule has 1 amide bonds. The van der Waals surface area contributed by atoms with E-state index < -0.39 is 11.7 Å². The molecule has 1 heterocycles. The third-order valence-electron chi connectivity index (χ3n) is 3.31. The number of amides is 1. The molecule has 0 saturated carbocycles. The molecular weight excluding hydrogens is 302 g/mol. The number of carbonyl (C=O) groups excluding carboxylic acids is 1. The molecule has 0 bridgehead atoms. The third kappa shape index (κ3) is 5.48. The topological polar surface area (TPSA) is 53.6 Å². The van der Waals surface area contributed by atoms with E-state index in [1.54, 1.807) is 6.07 Å². The van der Waals surface area contributed by atoms with Crippen LogP contribution in [0.3, 0.4) is 0 Å². The van der Waals surface area contributed by atoms with E-state index in [1.807, 2.05) is 32.9 Å². The fraction of sp³-hybridized carbons (Fsp3) is 0.562. The van der Waals surface area contributed by atoms with Crippen molar-refractivity contribution in [1.29, 1.82) is 0 Å². The molecule has 22 heavy (non-hydrogen) atoms. The molecule has 1 aliphatic rings. The van der Waals surface area contributed by atoms with Crippen molar-refractivity contribution in [2.75, 3.05) is 31.5 Å². The van der Waals surface area contributed by atoms with Crippen LogP contribution in [-0.2, 0) is 11.3 Å². The summed E-state index contributed by atoms with van der Waals surface area (Å²) >= 11 is 6.10. The summed E-state index contributed by atoms with van der Waals surface area (Å²) in [6.45, 7) is 10.2. The van der Waals surface area contributed by atoms with Gasteiger partial charge in [-0.15, -0.1) is 0 Å². The molecule has 1 saturated heterocycles. The molecule has 0 atom stereocenters. The molecule has 1 aliphatic heterocycles. The molecule has 0 spiro atoms. The van der Waals surface area contributed by atoms with Gasteiger partial charge in [-0.3, -0.25) is 10.2 Å². The second-order valence-electron chi connectivity index (χ2n) is 6.45. The number of benzene rings is 1. The Morgan fingerprint density at radius 2 is 2.05 bits per heavy atom. The smallest absolute Gasteiger partial charge is 0.412 e. The number of carbonyl (C=O) groups is 1. The van der Waals surface area contributed by atoms with Crippen LogP contribution >= 0.6 is 11.6 Å². The summed E-state index contributed by atoms with van der Waals surface area (Å²) in [7, 11) is 0. The fourth-order valence-electron chi connectivity index (χ4n) is 2.34. The normalized spacial score (nSPS) is 16.4. The first-order valence-corrected chi connectivity index (χ1v) is 7.93. The lowest BCUT2D eigenvalue weighted by molar-refractivity contribution is 0.0635. The predicted molar refractivity (Wildman–Crippen MR) is 89.5 cm³/mol. The van der Waals surface area contributed by atoms with E-state index in [0.29, 0.717) is 5.02 Å². The standard InChI is InChI=1S/C16H24ClN3O2/c1-16(2,3)22-15(21)19-14-5-4-13(17)10-12(14)11-20-8-6-18-7-9-20/h4-5,10,18H,6-9,11H2,1-3H3,(H,19,21). The number of nitrogens with one attached hydrogen (secondary N) is 2. The summed E-state index contributed by atoms with van der Waals surface area (Å²) in [4.78, 5) is 14.3. The van der Waals surface area contributed by atoms with Gasteiger partial charge in [-0.2, -0.15) is 0 Å². The summed E-state index contributed by atoms with van der Waals surface area (Å²) in [6, 6.07) is 5.50. The number of hydrogen-bond donors (Lipinski definition) is 2. The van der Waals surface area contributed by atoms with Crippen molar-refractivity contribution >= 4 is 23.4 Å². The highest BCUT2D eigenvalue weighted by atomic mass is 35.5. The molecule has 5 nitrogen and oxygen atoms in total. The van der Waals surface area contributed by atoms with Gasteiger partial charge >= 0.3 is 6.09 Å². The number of hydrogen-bond acceptors (Lipinski definition) is 4. The first-order chi connectivity index (χ1) is 10.3. The Kier molecular flexibility index (Phi) is 5.67. The molecule has 1 aromatic carbocycles. The Hall–Kier alpha value is -1.30. The molecule has 6 heteroatoms. The maximum absolute atomic E-state index is 12.0. The quantitative estimate of drug-likeness (QED) is 0.896. The van der Waals surface area contributed by atoms with Gasteiger partial charge < -0.3 is 10.1 Å². The minimum Gasteiger partial charge on any atom is -0.444 e. The Morgan fingerprint density at radius 1 is 1.36 bits per heavy atom. The molecule has 1 aromatic rings. The lowest BCUT2D eigenvalue weighted by Gasteiger charge is -2.28. The number of piperazine rings is 1. The van der Waals surface area contributed by atoms with E-state index in [-0.39, 0.29) is 0 Å². The third-order valence-corrected chi connectivity index (χ3v) is 3.54. The highest BCUT2D eigenvalue weighted by Gasteiger charge is 2.18. The molecule has 0 radical (unpaired) electrons. The van der Waals surface area contributed by atoms with E-state index in [1.165, 1.54) is 0 Å². The van der Waals surface area contributed by atoms with Crippen LogP contribution in [0.4, 0.5) is 10.5 Å². The minimum atomic E-state index is -0.519. The van der Waals surface area contributed by atoms with Gasteiger partial charge in [0.05, 0.1) is 0 Å². The van der Waals surface area contributed by atoms with Gasteiger partial charge in [-0.1, -0.05) is 11.6 Å². The number of nitrogens with zero attached hydrogens (tertiary/aromatic N) is 1. The van der Waals surface area contributed by atoms with Crippen molar-refractivity contribution in [3.05, 3.63) is 28.8 Å². The van der Waals surface area contributed by atoms with Gasteiger partial charge in [0, 0.05) is 43.4 Å². The van der Waals surface area contributed by atoms with E-state index in [2.05, 4.69) is 15.5 Å². The van der Waals surface area contributed by atoms with Crippen LogP contribution in [-0.4, -0.2) is 42.8 Å². The van der Waals surface area contributed by atoms with Crippen molar-refractivity contribution in [2.45, 2.75) is 32.9 Å². The zero-order valence-corrected chi connectivity index (χ0v) is 14.2. The van der Waals surface area contributed by atoms with Crippen molar-refractivity contribution in [3.8, 4) is 0 Å². The van der Waals surface area contributed by atoms with Crippen LogP contribution < -0.4 is 10.6 Å². The summed E-state index contributed by atoms with van der Waals surface area (Å²) in [6.07, 6.45) is -0.448. The maximum Gasteiger partial charge on any atom is 0.412 e. The number of rotatable bonds is 3. The van der Waals surface area contributed by atoms with Crippen LogP contribution in [0.1, 0.15) is 26.3 Å². The predicted octanol–water partition coefficient (Wildman–Crippen LogP) is 3.09. The molecule has 2 N–H and O–H groups in total. The van der Waals surface area contributed by atoms with Crippen LogP contribution in [0.15, 0.2) is 18.2 Å². The Bertz CT molecular complexity index is 523. The fourth-order valence-corrected chi connectivity index (χ4v) is 2.53. The largest absolute Gasteiger partial charge is 0.444 e. The van der Waals surface area contributed by atoms with Gasteiger partial charge in [0.15, 0.2) is 0 Å². The lowest BCUT2D eigenvalue weighted by Crippen LogP contribution is -2.43. The van der Waals surface area contributed by atoms with Gasteiger partial charge in [0.1, 0.15) is 5.60 Å². The molecule has 122 valence electrons. The van der Waals surface area contributed by atoms with E-state index in [9.17, 15) is 4.79 Å². The molecule has 0 aromatic heterocycles. The highest BCUT2D eigenvalue weighted by molar-refractivity contribution is 6.30. The zero-order valence-electron chi connectivity index (χ0n) is 13.4. The van der Waals surface area contributed by atoms with Gasteiger partial charge in [0.2, 0.25) is 0 Å². The maximum atomic E-state index is 12.0. The van der Waals surface area contributed by atoms with Crippen LogP contribution in [0.2, 0.25) is 5.02 Å². The van der Waals surface area contributed by atoms with Crippen LogP contribution in [0.25, 0.3) is 0 Å². The number of halogens is 1. The number of anilines is 1. The first kappa shape index (κ1) is 17.1. The van der Waals surface area contributed by atoms with E-state index >= 15 is 0 Å². The SMILES string of the molecule is CC(C)(C)OC(=O)Nc1ccc(Cl)cc1CN1CCNCC1. The van der Waals surface area contributed by atoms with E-state index in [4.69, 9.17) is 16.3 Å². The minimum absolute atomic E-state index is 0.448. The van der Waals surface area contributed by atoms with Gasteiger partial charge in [0.25, 0.3) is 0 Å². The monoisotopic (exact) mass is 325 g/mol. The van der Waals surface area contributed by atoms with Crippen molar-refractivity contribution < 1.29 is 9.53 Å². The average molecular weight is 326 g/mol. The summed E-state index contributed by atoms with van der Waals surface area (Å²) < 4.78 is 5.31. The van der Waals surface area contributed by atoms with Crippen LogP contribution in [0.5, 0.6) is 0 Å². The first-order valence-electron chi connectivity index (χ1n) is 7.55. The average Bonchev–Trinajstić information content (AvgIpc) is 2.41. The summed E-state index contributed by atoms with van der Waals surface area (Å²) in [5.74, 6) is 0. The number of ether oxygens (including phenoxy) is 1. The Morgan fingerprint density at radius 3 is 2.68 bits per heavy atom. The van der Waals surface area contributed by atoms with Crippen LogP contribution in [0, 0.1) is 0 Å². The summed E-state index contributed by atoms with van der Waals surface area (Å²) in [5, 5.41) is 6.82. The Labute approximate surface area is 137 Å². The molecular formula is C16H24ClN3O2. The second kappa shape index (κ2) is 7.31. The van der Waals surface area contributed by atoms with Gasteiger partial charge in [-0.25, -0.2) is 4.79 Å². The second-order valence-corrected chi connectivity index (χ2v) is 6.89. The zero-order chi connectivity index (χ0) is 16.2. The summed E-state index contributed by atoms with van der Waals surface area (Å²) in [5.41, 5.74) is 1.23. The van der Waals surface area contributed by atoms with E-state index in [0.717, 1.165) is 44.0 Å². The van der Waals surface area contributed by atoms with Crippen molar-refractivity contribution in [3.63, 3.8) is 0 Å². The lowest BCUT2D eigenvalue weighted by atomic mass is 10.1. The van der Waals surface area contributed by atoms with Crippen molar-refractivity contribution in [2.24, 2.45) is 0 Å². The molecule has 1 fully saturated rings. The van der Waals surface area contributed by atoms with Crippen molar-refractivity contribution in [1.82, 2.24) is 10.2 Å². The van der Waals surface area contributed by atoms with Gasteiger partial charge in [-0.05, 0) is 44.5 Å². The Balaban J connectivity index is 2.08.